The summed E-state index contributed by atoms with van der Waals surface area (Å²) in [4.78, 5) is 6.98. The summed E-state index contributed by atoms with van der Waals surface area (Å²) >= 11 is 0. The van der Waals surface area contributed by atoms with E-state index >= 15 is 0 Å². The number of aliphatic imine (C=N–C) groups is 1. The molecule has 132 valence electrons. The van der Waals surface area contributed by atoms with Gasteiger partial charge in [0.2, 0.25) is 0 Å². The van der Waals surface area contributed by atoms with Crippen molar-refractivity contribution in [3.63, 3.8) is 0 Å². The molecular formula is C20H31N3O. The molecule has 2 aliphatic heterocycles. The van der Waals surface area contributed by atoms with Crippen LogP contribution in [0, 0.1) is 5.92 Å². The lowest BCUT2D eigenvalue weighted by Gasteiger charge is -2.40. The van der Waals surface area contributed by atoms with Crippen LogP contribution in [0.15, 0.2) is 35.3 Å². The van der Waals surface area contributed by atoms with Crippen molar-refractivity contribution in [3.05, 3.63) is 35.9 Å². The number of likely N-dealkylation sites (tertiary alicyclic amines) is 1. The lowest BCUT2D eigenvalue weighted by atomic mass is 9.74. The number of ether oxygens (including phenoxy) is 1. The van der Waals surface area contributed by atoms with Crippen LogP contribution in [0.4, 0.5) is 0 Å². The van der Waals surface area contributed by atoms with Crippen LogP contribution in [-0.4, -0.2) is 50.8 Å². The third-order valence-corrected chi connectivity index (χ3v) is 5.59. The van der Waals surface area contributed by atoms with Crippen LogP contribution >= 0.6 is 0 Å². The Morgan fingerprint density at radius 3 is 2.71 bits per heavy atom. The zero-order valence-electron chi connectivity index (χ0n) is 15.1. The summed E-state index contributed by atoms with van der Waals surface area (Å²) in [5, 5.41) is 3.69. The topological polar surface area (TPSA) is 36.9 Å². The van der Waals surface area contributed by atoms with Gasteiger partial charge in [-0.3, -0.25) is 4.99 Å². The SMILES string of the molecule is CN=C(NCC1(c2ccccc2)CCOCC1)N1CCCC(C)C1. The van der Waals surface area contributed by atoms with Crippen molar-refractivity contribution in [2.45, 2.75) is 38.0 Å². The molecular weight excluding hydrogens is 298 g/mol. The van der Waals surface area contributed by atoms with Crippen molar-refractivity contribution >= 4 is 5.96 Å². The molecule has 2 fully saturated rings. The fourth-order valence-corrected chi connectivity index (χ4v) is 4.08. The minimum Gasteiger partial charge on any atom is -0.381 e. The first kappa shape index (κ1) is 17.3. The molecule has 0 radical (unpaired) electrons. The summed E-state index contributed by atoms with van der Waals surface area (Å²) in [6.45, 7) is 7.18. The average Bonchev–Trinajstić information content (AvgIpc) is 2.64. The molecule has 2 heterocycles. The van der Waals surface area contributed by atoms with Crippen molar-refractivity contribution in [1.29, 1.82) is 0 Å². The van der Waals surface area contributed by atoms with Gasteiger partial charge in [-0.1, -0.05) is 37.3 Å². The zero-order valence-corrected chi connectivity index (χ0v) is 15.1. The molecule has 0 bridgehead atoms. The Balaban J connectivity index is 1.71. The summed E-state index contributed by atoms with van der Waals surface area (Å²) in [6, 6.07) is 10.9. The van der Waals surface area contributed by atoms with E-state index in [1.807, 2.05) is 7.05 Å². The number of hydrogen-bond donors (Lipinski definition) is 1. The molecule has 4 heteroatoms. The standard InChI is InChI=1S/C20H31N3O/c1-17-7-6-12-23(15-17)19(21-2)22-16-20(10-13-24-14-11-20)18-8-4-3-5-9-18/h3-5,8-9,17H,6-7,10-16H2,1-2H3,(H,21,22). The van der Waals surface area contributed by atoms with E-state index in [4.69, 9.17) is 4.74 Å². The fraction of sp³-hybridized carbons (Fsp3) is 0.650. The Morgan fingerprint density at radius 2 is 2.04 bits per heavy atom. The van der Waals surface area contributed by atoms with Crippen LogP contribution in [-0.2, 0) is 10.2 Å². The van der Waals surface area contributed by atoms with Crippen LogP contribution in [0.2, 0.25) is 0 Å². The lowest BCUT2D eigenvalue weighted by Crippen LogP contribution is -2.51. The van der Waals surface area contributed by atoms with Gasteiger partial charge >= 0.3 is 0 Å². The number of hydrogen-bond acceptors (Lipinski definition) is 2. The Bertz CT molecular complexity index is 537. The second kappa shape index (κ2) is 8.02. The zero-order chi connectivity index (χ0) is 16.8. The minimum atomic E-state index is 0.150. The average molecular weight is 329 g/mol. The number of guanidine groups is 1. The summed E-state index contributed by atoms with van der Waals surface area (Å²) in [6.07, 6.45) is 4.73. The molecule has 1 atom stereocenters. The number of piperidine rings is 1. The molecule has 0 saturated carbocycles. The molecule has 0 aliphatic carbocycles. The van der Waals surface area contributed by atoms with E-state index in [0.29, 0.717) is 0 Å². The van der Waals surface area contributed by atoms with Gasteiger partial charge in [0, 0.05) is 45.3 Å². The number of nitrogens with one attached hydrogen (secondary N) is 1. The van der Waals surface area contributed by atoms with E-state index in [-0.39, 0.29) is 5.41 Å². The Kier molecular flexibility index (Phi) is 5.77. The normalized spacial score (nSPS) is 24.7. The number of rotatable bonds is 3. The smallest absolute Gasteiger partial charge is 0.193 e. The first-order valence-corrected chi connectivity index (χ1v) is 9.32. The molecule has 3 rings (SSSR count). The van der Waals surface area contributed by atoms with E-state index in [1.54, 1.807) is 0 Å². The highest BCUT2D eigenvalue weighted by Crippen LogP contribution is 2.34. The van der Waals surface area contributed by atoms with E-state index in [2.05, 4.69) is 52.5 Å². The summed E-state index contributed by atoms with van der Waals surface area (Å²) in [7, 11) is 1.90. The van der Waals surface area contributed by atoms with E-state index in [1.165, 1.54) is 18.4 Å². The Labute approximate surface area is 146 Å². The molecule has 4 nitrogen and oxygen atoms in total. The highest BCUT2D eigenvalue weighted by atomic mass is 16.5. The molecule has 2 aliphatic rings. The van der Waals surface area contributed by atoms with Crippen molar-refractivity contribution in [2.24, 2.45) is 10.9 Å². The molecule has 1 aromatic carbocycles. The van der Waals surface area contributed by atoms with Crippen molar-refractivity contribution in [3.8, 4) is 0 Å². The Morgan fingerprint density at radius 1 is 1.29 bits per heavy atom. The largest absolute Gasteiger partial charge is 0.381 e. The molecule has 0 spiro atoms. The van der Waals surface area contributed by atoms with Crippen LogP contribution in [0.1, 0.15) is 38.2 Å². The van der Waals surface area contributed by atoms with Crippen molar-refractivity contribution in [1.82, 2.24) is 10.2 Å². The monoisotopic (exact) mass is 329 g/mol. The van der Waals surface area contributed by atoms with Crippen molar-refractivity contribution < 1.29 is 4.74 Å². The van der Waals surface area contributed by atoms with Gasteiger partial charge in [0.25, 0.3) is 0 Å². The van der Waals surface area contributed by atoms with Gasteiger partial charge in [-0.2, -0.15) is 0 Å². The fourth-order valence-electron chi connectivity index (χ4n) is 4.08. The van der Waals surface area contributed by atoms with Gasteiger partial charge in [0.1, 0.15) is 0 Å². The molecule has 2 saturated heterocycles. The highest BCUT2D eigenvalue weighted by molar-refractivity contribution is 5.80. The molecule has 1 N–H and O–H groups in total. The first-order chi connectivity index (χ1) is 11.7. The molecule has 1 aromatic rings. The third-order valence-electron chi connectivity index (χ3n) is 5.59. The van der Waals surface area contributed by atoms with Crippen LogP contribution in [0.25, 0.3) is 0 Å². The van der Waals surface area contributed by atoms with Crippen LogP contribution < -0.4 is 5.32 Å². The maximum absolute atomic E-state index is 5.64. The number of benzene rings is 1. The summed E-state index contributed by atoms with van der Waals surface area (Å²) in [5.41, 5.74) is 1.57. The summed E-state index contributed by atoms with van der Waals surface area (Å²) in [5.74, 6) is 1.81. The number of nitrogens with zero attached hydrogens (tertiary/aromatic N) is 2. The van der Waals surface area contributed by atoms with E-state index in [9.17, 15) is 0 Å². The molecule has 24 heavy (non-hydrogen) atoms. The third kappa shape index (κ3) is 3.92. The van der Waals surface area contributed by atoms with Gasteiger partial charge in [-0.25, -0.2) is 0 Å². The quantitative estimate of drug-likeness (QED) is 0.684. The van der Waals surface area contributed by atoms with Gasteiger partial charge in [0.15, 0.2) is 5.96 Å². The molecule has 0 aromatic heterocycles. The minimum absolute atomic E-state index is 0.150. The van der Waals surface area contributed by atoms with Gasteiger partial charge in [-0.15, -0.1) is 0 Å². The maximum atomic E-state index is 5.64. The van der Waals surface area contributed by atoms with Crippen LogP contribution in [0.5, 0.6) is 0 Å². The maximum Gasteiger partial charge on any atom is 0.193 e. The first-order valence-electron chi connectivity index (χ1n) is 9.32. The van der Waals surface area contributed by atoms with Gasteiger partial charge < -0.3 is 15.0 Å². The van der Waals surface area contributed by atoms with Crippen LogP contribution in [0.3, 0.4) is 0 Å². The Hall–Kier alpha value is -1.55. The second-order valence-corrected chi connectivity index (χ2v) is 7.35. The van der Waals surface area contributed by atoms with Gasteiger partial charge in [-0.05, 0) is 37.2 Å². The van der Waals surface area contributed by atoms with Crippen molar-refractivity contribution in [2.75, 3.05) is 39.9 Å². The van der Waals surface area contributed by atoms with E-state index in [0.717, 1.165) is 57.6 Å². The predicted molar refractivity (Wildman–Crippen MR) is 99.5 cm³/mol. The van der Waals surface area contributed by atoms with Gasteiger partial charge in [0.05, 0.1) is 0 Å². The molecule has 0 amide bonds. The van der Waals surface area contributed by atoms with E-state index < -0.39 is 0 Å². The molecule has 1 unspecified atom stereocenters. The predicted octanol–water partition coefficient (Wildman–Crippen LogP) is 3.04. The lowest BCUT2D eigenvalue weighted by molar-refractivity contribution is 0.0511. The highest BCUT2D eigenvalue weighted by Gasteiger charge is 2.35. The second-order valence-electron chi connectivity index (χ2n) is 7.35. The summed E-state index contributed by atoms with van der Waals surface area (Å²) < 4.78 is 5.64.